The summed E-state index contributed by atoms with van der Waals surface area (Å²) in [5.74, 6) is 0. The number of fused-ring (bicyclic) bond motifs is 2. The molecule has 0 saturated carbocycles. The molecule has 0 spiro atoms. The van der Waals surface area contributed by atoms with Crippen LogP contribution in [0.25, 0.3) is 0 Å². The Morgan fingerprint density at radius 3 is 2.68 bits per heavy atom. The van der Waals surface area contributed by atoms with E-state index in [0.717, 1.165) is 5.57 Å². The van der Waals surface area contributed by atoms with Crippen molar-refractivity contribution < 1.29 is 19.2 Å². The van der Waals surface area contributed by atoms with Gasteiger partial charge in [-0.1, -0.05) is 32.9 Å². The van der Waals surface area contributed by atoms with Crippen LogP contribution in [0.4, 0.5) is 4.79 Å². The first kappa shape index (κ1) is 20.2. The largest absolute Gasteiger partial charge is 0.417 e. The first-order valence-electron chi connectivity index (χ1n) is 8.91. The van der Waals surface area contributed by atoms with E-state index in [1.165, 1.54) is 5.06 Å². The summed E-state index contributed by atoms with van der Waals surface area (Å²) in [6, 6.07) is -0.593. The number of rotatable bonds is 8. The van der Waals surface area contributed by atoms with Gasteiger partial charge < -0.3 is 14.4 Å². The molecule has 142 valence electrons. The normalized spacial score (nSPS) is 23.9. The maximum atomic E-state index is 12.5. The Hall–Kier alpha value is -1.15. The fourth-order valence-electron chi connectivity index (χ4n) is 2.95. The molecule has 1 saturated heterocycles. The molecule has 2 heterocycles. The SMILES string of the molecule is C=CCON1C(=O)N2C[C@@H]1C=C(CCO[Si](C)(C)C(C)(C)C)[C@H]2CO. The molecule has 2 atom stereocenters. The second kappa shape index (κ2) is 7.61. The summed E-state index contributed by atoms with van der Waals surface area (Å²) in [5.41, 5.74) is 1.05. The molecule has 7 heteroatoms. The van der Waals surface area contributed by atoms with Crippen LogP contribution in [0.3, 0.4) is 0 Å². The molecule has 2 rings (SSSR count). The second-order valence-electron chi connectivity index (χ2n) is 8.21. The van der Waals surface area contributed by atoms with Crippen molar-refractivity contribution in [2.24, 2.45) is 0 Å². The quantitative estimate of drug-likeness (QED) is 0.528. The highest BCUT2D eigenvalue weighted by Crippen LogP contribution is 2.37. The van der Waals surface area contributed by atoms with Crippen molar-refractivity contribution in [1.29, 1.82) is 0 Å². The van der Waals surface area contributed by atoms with E-state index in [1.54, 1.807) is 11.0 Å². The molecule has 6 nitrogen and oxygen atoms in total. The molecule has 0 aromatic heterocycles. The lowest BCUT2D eigenvalue weighted by molar-refractivity contribution is -0.107. The van der Waals surface area contributed by atoms with Crippen LogP contribution in [-0.4, -0.2) is 67.9 Å². The van der Waals surface area contributed by atoms with E-state index in [0.29, 0.717) is 19.6 Å². The summed E-state index contributed by atoms with van der Waals surface area (Å²) >= 11 is 0. The van der Waals surface area contributed by atoms with Crippen molar-refractivity contribution in [3.63, 3.8) is 0 Å². The molecule has 0 aliphatic carbocycles. The second-order valence-corrected chi connectivity index (χ2v) is 13.0. The third-order valence-corrected chi connectivity index (χ3v) is 10.0. The molecule has 2 amide bonds. The number of hydroxylamine groups is 2. The molecule has 0 aromatic rings. The van der Waals surface area contributed by atoms with E-state index in [2.05, 4.69) is 46.5 Å². The van der Waals surface area contributed by atoms with E-state index < -0.39 is 8.32 Å². The van der Waals surface area contributed by atoms with E-state index in [9.17, 15) is 9.90 Å². The summed E-state index contributed by atoms with van der Waals surface area (Å²) in [5, 5.41) is 11.4. The van der Waals surface area contributed by atoms with Gasteiger partial charge in [-0.25, -0.2) is 4.79 Å². The van der Waals surface area contributed by atoms with Gasteiger partial charge in [0.1, 0.15) is 0 Å². The van der Waals surface area contributed by atoms with Crippen molar-refractivity contribution in [1.82, 2.24) is 9.96 Å². The lowest BCUT2D eigenvalue weighted by atomic mass is 9.97. The number of hydrogen-bond donors (Lipinski definition) is 1. The topological polar surface area (TPSA) is 62.2 Å². The summed E-state index contributed by atoms with van der Waals surface area (Å²) in [6.07, 6.45) is 4.39. The molecule has 2 bridgehead atoms. The highest BCUT2D eigenvalue weighted by Gasteiger charge is 2.45. The number of hydrogen-bond acceptors (Lipinski definition) is 4. The van der Waals surface area contributed by atoms with Gasteiger partial charge in [0.25, 0.3) is 0 Å². The Morgan fingerprint density at radius 1 is 1.44 bits per heavy atom. The van der Waals surface area contributed by atoms with Gasteiger partial charge in [-0.3, -0.25) is 4.84 Å². The highest BCUT2D eigenvalue weighted by atomic mass is 28.4. The molecule has 25 heavy (non-hydrogen) atoms. The Labute approximate surface area is 152 Å². The average Bonchev–Trinajstić information content (AvgIpc) is 2.76. The van der Waals surface area contributed by atoms with E-state index in [-0.39, 0.29) is 36.4 Å². The number of aliphatic hydroxyl groups is 1. The molecule has 0 aromatic carbocycles. The van der Waals surface area contributed by atoms with Gasteiger partial charge in [0, 0.05) is 13.2 Å². The fraction of sp³-hybridized carbons (Fsp3) is 0.722. The summed E-state index contributed by atoms with van der Waals surface area (Å²) < 4.78 is 6.25. The zero-order valence-corrected chi connectivity index (χ0v) is 17.1. The first-order chi connectivity index (χ1) is 11.6. The highest BCUT2D eigenvalue weighted by molar-refractivity contribution is 6.74. The van der Waals surface area contributed by atoms with E-state index in [4.69, 9.17) is 9.26 Å². The minimum atomic E-state index is -1.80. The summed E-state index contributed by atoms with van der Waals surface area (Å²) in [6.45, 7) is 16.1. The molecule has 0 radical (unpaired) electrons. The van der Waals surface area contributed by atoms with Crippen LogP contribution in [0.15, 0.2) is 24.3 Å². The van der Waals surface area contributed by atoms with Crippen LogP contribution in [0.5, 0.6) is 0 Å². The van der Waals surface area contributed by atoms with Gasteiger partial charge in [-0.05, 0) is 30.1 Å². The predicted molar refractivity (Wildman–Crippen MR) is 101 cm³/mol. The Kier molecular flexibility index (Phi) is 6.14. The third-order valence-electron chi connectivity index (χ3n) is 5.49. The minimum absolute atomic E-state index is 0.0836. The van der Waals surface area contributed by atoms with Crippen LogP contribution < -0.4 is 0 Å². The first-order valence-corrected chi connectivity index (χ1v) is 11.8. The number of carbonyl (C=O) groups is 1. The average molecular weight is 369 g/mol. The van der Waals surface area contributed by atoms with E-state index >= 15 is 0 Å². The van der Waals surface area contributed by atoms with Crippen LogP contribution in [0, 0.1) is 0 Å². The van der Waals surface area contributed by atoms with Gasteiger partial charge in [0.15, 0.2) is 8.32 Å². The van der Waals surface area contributed by atoms with Crippen molar-refractivity contribution >= 4 is 14.3 Å². The van der Waals surface area contributed by atoms with Crippen molar-refractivity contribution in [2.75, 3.05) is 26.4 Å². The van der Waals surface area contributed by atoms with Gasteiger partial charge in [0.2, 0.25) is 0 Å². The van der Waals surface area contributed by atoms with Crippen LogP contribution in [0.2, 0.25) is 18.1 Å². The predicted octanol–water partition coefficient (Wildman–Crippen LogP) is 2.92. The van der Waals surface area contributed by atoms with Gasteiger partial charge in [-0.2, -0.15) is 5.06 Å². The van der Waals surface area contributed by atoms with Crippen molar-refractivity contribution in [3.8, 4) is 0 Å². The fourth-order valence-corrected chi connectivity index (χ4v) is 4.00. The van der Waals surface area contributed by atoms with Gasteiger partial charge >= 0.3 is 6.03 Å². The van der Waals surface area contributed by atoms with Crippen LogP contribution in [0.1, 0.15) is 27.2 Å². The molecular weight excluding hydrogens is 336 g/mol. The number of aliphatic hydroxyl groups excluding tert-OH is 1. The molecule has 2 aliphatic rings. The van der Waals surface area contributed by atoms with Crippen molar-refractivity contribution in [2.45, 2.75) is 57.4 Å². The number of nitrogens with zero attached hydrogens (tertiary/aromatic N) is 2. The molecular formula is C18H32N2O4Si. The van der Waals surface area contributed by atoms with E-state index in [1.807, 2.05) is 0 Å². The maximum Gasteiger partial charge on any atom is 0.345 e. The zero-order valence-electron chi connectivity index (χ0n) is 16.1. The van der Waals surface area contributed by atoms with Crippen LogP contribution >= 0.6 is 0 Å². The number of carbonyl (C=O) groups excluding carboxylic acids is 1. The molecule has 0 unspecified atom stereocenters. The minimum Gasteiger partial charge on any atom is -0.417 e. The molecule has 1 fully saturated rings. The van der Waals surface area contributed by atoms with Crippen LogP contribution in [-0.2, 0) is 9.26 Å². The lowest BCUT2D eigenvalue weighted by Gasteiger charge is -2.37. The summed E-state index contributed by atoms with van der Waals surface area (Å²) in [4.78, 5) is 19.7. The summed E-state index contributed by atoms with van der Waals surface area (Å²) in [7, 11) is -1.80. The monoisotopic (exact) mass is 368 g/mol. The molecule has 2 aliphatic heterocycles. The number of amides is 2. The Bertz CT molecular complexity index is 542. The van der Waals surface area contributed by atoms with Gasteiger partial charge in [0.05, 0.1) is 25.3 Å². The Balaban J connectivity index is 2.05. The smallest absolute Gasteiger partial charge is 0.345 e. The standard InChI is InChI=1S/C18H32N2O4Si/c1-7-9-23-20-15-11-14(16(13-21)19(12-15)17(20)22)8-10-24-25(5,6)18(2,3)4/h7,11,15-16,21H,1,8-10,12-13H2,2-6H3/t15-,16+/m0/s1. The third kappa shape index (κ3) is 4.16. The molecule has 1 N–H and O–H groups in total. The zero-order chi connectivity index (χ0) is 18.8. The maximum absolute atomic E-state index is 12.5. The number of urea groups is 1. The lowest BCUT2D eigenvalue weighted by Crippen LogP contribution is -2.44. The Morgan fingerprint density at radius 2 is 2.12 bits per heavy atom. The van der Waals surface area contributed by atoms with Gasteiger partial charge in [-0.15, -0.1) is 6.58 Å². The van der Waals surface area contributed by atoms with Crippen molar-refractivity contribution in [3.05, 3.63) is 24.3 Å².